The van der Waals surface area contributed by atoms with Gasteiger partial charge in [0.2, 0.25) is 0 Å². The molecule has 5 nitrogen and oxygen atoms in total. The van der Waals surface area contributed by atoms with Crippen LogP contribution < -0.4 is 11.1 Å². The van der Waals surface area contributed by atoms with Crippen LogP contribution in [0.15, 0.2) is 24.3 Å². The van der Waals surface area contributed by atoms with Gasteiger partial charge in [-0.15, -0.1) is 11.3 Å². The first-order valence-electron chi connectivity index (χ1n) is 7.46. The highest BCUT2D eigenvalue weighted by atomic mass is 32.1. The van der Waals surface area contributed by atoms with E-state index in [9.17, 15) is 9.18 Å². The van der Waals surface area contributed by atoms with Crippen LogP contribution in [0.3, 0.4) is 0 Å². The number of nitrogens with one attached hydrogen (secondary N) is 1. The van der Waals surface area contributed by atoms with Gasteiger partial charge < -0.3 is 10.5 Å². The minimum absolute atomic E-state index is 0.0430. The minimum atomic E-state index is -0.470. The Morgan fingerprint density at radius 2 is 2.17 bits per heavy atom. The summed E-state index contributed by atoms with van der Waals surface area (Å²) in [6.07, 6.45) is 0.954. The average molecular weight is 335 g/mol. The molecule has 122 valence electrons. The number of benzene rings is 1. The summed E-state index contributed by atoms with van der Waals surface area (Å²) in [4.78, 5) is 17.6. The average Bonchev–Trinajstić information content (AvgIpc) is 3.15. The zero-order chi connectivity index (χ0) is 16.4. The van der Waals surface area contributed by atoms with Gasteiger partial charge in [0.05, 0.1) is 11.8 Å². The first-order chi connectivity index (χ1) is 11.1. The quantitative estimate of drug-likeness (QED) is 0.900. The fourth-order valence-corrected chi connectivity index (χ4v) is 3.42. The fourth-order valence-electron chi connectivity index (χ4n) is 2.58. The van der Waals surface area contributed by atoms with Crippen LogP contribution in [-0.2, 0) is 9.53 Å². The standard InChI is InChI=1S/C16H18FN3O2S/c1-9-14(10-2-4-11(17)5-3-10)19-16(23-9)20-15(21)13-7-6-12(8-18)22-13/h2-5,12-13H,6-8,18H2,1H3,(H,19,20,21)/t12-,13+/m1/s1. The second-order valence-electron chi connectivity index (χ2n) is 5.48. The molecule has 3 rings (SSSR count). The molecular weight excluding hydrogens is 317 g/mol. The predicted octanol–water partition coefficient (Wildman–Crippen LogP) is 2.70. The Kier molecular flexibility index (Phi) is 4.70. The lowest BCUT2D eigenvalue weighted by Gasteiger charge is -2.11. The van der Waals surface area contributed by atoms with Gasteiger partial charge in [-0.2, -0.15) is 0 Å². The van der Waals surface area contributed by atoms with Crippen LogP contribution in [0.2, 0.25) is 0 Å². The molecule has 1 aromatic heterocycles. The van der Waals surface area contributed by atoms with Gasteiger partial charge in [0.1, 0.15) is 11.9 Å². The molecule has 2 aromatic rings. The van der Waals surface area contributed by atoms with Gasteiger partial charge in [-0.1, -0.05) is 0 Å². The lowest BCUT2D eigenvalue weighted by molar-refractivity contribution is -0.126. The van der Waals surface area contributed by atoms with Crippen LogP contribution in [-0.4, -0.2) is 29.6 Å². The highest BCUT2D eigenvalue weighted by molar-refractivity contribution is 7.16. The Labute approximate surface area is 137 Å². The van der Waals surface area contributed by atoms with Crippen molar-refractivity contribution in [2.45, 2.75) is 32.0 Å². The second-order valence-corrected chi connectivity index (χ2v) is 6.68. The molecular formula is C16H18FN3O2S. The van der Waals surface area contributed by atoms with Crippen LogP contribution in [0.5, 0.6) is 0 Å². The topological polar surface area (TPSA) is 77.2 Å². The summed E-state index contributed by atoms with van der Waals surface area (Å²) in [6, 6.07) is 6.14. The van der Waals surface area contributed by atoms with Gasteiger partial charge in [0, 0.05) is 17.0 Å². The number of halogens is 1. The number of aromatic nitrogens is 1. The van der Waals surface area contributed by atoms with Crippen molar-refractivity contribution in [2.75, 3.05) is 11.9 Å². The molecule has 0 aliphatic carbocycles. The molecule has 1 aromatic carbocycles. The van der Waals surface area contributed by atoms with Gasteiger partial charge in [-0.05, 0) is 44.0 Å². The van der Waals surface area contributed by atoms with Gasteiger partial charge in [0.25, 0.3) is 5.91 Å². The molecule has 7 heteroatoms. The van der Waals surface area contributed by atoms with Crippen molar-refractivity contribution in [3.8, 4) is 11.3 Å². The maximum atomic E-state index is 13.0. The van der Waals surface area contributed by atoms with E-state index >= 15 is 0 Å². The maximum absolute atomic E-state index is 13.0. The zero-order valence-electron chi connectivity index (χ0n) is 12.7. The molecule has 0 unspecified atom stereocenters. The molecule has 0 spiro atoms. The Bertz CT molecular complexity index is 702. The van der Waals surface area contributed by atoms with Crippen molar-refractivity contribution in [3.63, 3.8) is 0 Å². The molecule has 1 aliphatic rings. The predicted molar refractivity (Wildman–Crippen MR) is 87.8 cm³/mol. The third kappa shape index (κ3) is 3.57. The van der Waals surface area contributed by atoms with Crippen LogP contribution >= 0.6 is 11.3 Å². The van der Waals surface area contributed by atoms with Crippen LogP contribution in [0.1, 0.15) is 17.7 Å². The van der Waals surface area contributed by atoms with Gasteiger partial charge in [-0.3, -0.25) is 10.1 Å². The number of nitrogens with zero attached hydrogens (tertiary/aromatic N) is 1. The van der Waals surface area contributed by atoms with E-state index < -0.39 is 6.10 Å². The van der Waals surface area contributed by atoms with Crippen LogP contribution in [0, 0.1) is 12.7 Å². The van der Waals surface area contributed by atoms with E-state index in [2.05, 4.69) is 10.3 Å². The number of amides is 1. The Morgan fingerprint density at radius 1 is 1.43 bits per heavy atom. The number of carbonyl (C=O) groups is 1. The lowest BCUT2D eigenvalue weighted by atomic mass is 10.1. The summed E-state index contributed by atoms with van der Waals surface area (Å²) in [6.45, 7) is 2.34. The number of rotatable bonds is 4. The van der Waals surface area contributed by atoms with Crippen molar-refractivity contribution in [3.05, 3.63) is 35.0 Å². The van der Waals surface area contributed by atoms with Gasteiger partial charge >= 0.3 is 0 Å². The van der Waals surface area contributed by atoms with Crippen molar-refractivity contribution >= 4 is 22.4 Å². The summed E-state index contributed by atoms with van der Waals surface area (Å²) in [7, 11) is 0. The third-order valence-corrected chi connectivity index (χ3v) is 4.69. The normalized spacial score (nSPS) is 20.7. The minimum Gasteiger partial charge on any atom is -0.364 e. The second kappa shape index (κ2) is 6.74. The molecule has 0 radical (unpaired) electrons. The van der Waals surface area contributed by atoms with E-state index in [0.29, 0.717) is 18.1 Å². The number of carbonyl (C=O) groups excluding carboxylic acids is 1. The molecule has 1 fully saturated rings. The Hall–Kier alpha value is -1.83. The van der Waals surface area contributed by atoms with E-state index in [1.807, 2.05) is 6.92 Å². The van der Waals surface area contributed by atoms with Gasteiger partial charge in [-0.25, -0.2) is 9.37 Å². The summed E-state index contributed by atoms with van der Waals surface area (Å²) in [5, 5.41) is 3.32. The van der Waals surface area contributed by atoms with Crippen molar-refractivity contribution < 1.29 is 13.9 Å². The van der Waals surface area contributed by atoms with E-state index in [4.69, 9.17) is 10.5 Å². The van der Waals surface area contributed by atoms with Gasteiger partial charge in [0.15, 0.2) is 5.13 Å². The van der Waals surface area contributed by atoms with Crippen LogP contribution in [0.4, 0.5) is 9.52 Å². The first-order valence-corrected chi connectivity index (χ1v) is 8.28. The third-order valence-electron chi connectivity index (χ3n) is 3.81. The Balaban J connectivity index is 1.71. The van der Waals surface area contributed by atoms with E-state index in [0.717, 1.165) is 22.6 Å². The number of thiazole rings is 1. The molecule has 0 saturated carbocycles. The molecule has 1 saturated heterocycles. The molecule has 23 heavy (non-hydrogen) atoms. The smallest absolute Gasteiger partial charge is 0.255 e. The number of hydrogen-bond acceptors (Lipinski definition) is 5. The van der Waals surface area contributed by atoms with Crippen LogP contribution in [0.25, 0.3) is 11.3 Å². The highest BCUT2D eigenvalue weighted by Crippen LogP contribution is 2.31. The summed E-state index contributed by atoms with van der Waals surface area (Å²) < 4.78 is 18.6. The summed E-state index contributed by atoms with van der Waals surface area (Å²) in [5.41, 5.74) is 7.12. The zero-order valence-corrected chi connectivity index (χ0v) is 13.5. The number of ether oxygens (including phenoxy) is 1. The number of anilines is 1. The van der Waals surface area contributed by atoms with E-state index in [1.54, 1.807) is 12.1 Å². The monoisotopic (exact) mass is 335 g/mol. The number of hydrogen-bond donors (Lipinski definition) is 2. The number of nitrogens with two attached hydrogens (primary N) is 1. The first kappa shape index (κ1) is 16.0. The molecule has 1 aliphatic heterocycles. The molecule has 2 heterocycles. The van der Waals surface area contributed by atoms with Crippen molar-refractivity contribution in [2.24, 2.45) is 5.73 Å². The molecule has 2 atom stereocenters. The van der Waals surface area contributed by atoms with E-state index in [1.165, 1.54) is 23.5 Å². The molecule has 1 amide bonds. The van der Waals surface area contributed by atoms with Crippen molar-refractivity contribution in [1.82, 2.24) is 4.98 Å². The fraction of sp³-hybridized carbons (Fsp3) is 0.375. The molecule has 0 bridgehead atoms. The molecule has 3 N–H and O–H groups in total. The lowest BCUT2D eigenvalue weighted by Crippen LogP contribution is -2.29. The largest absolute Gasteiger partial charge is 0.364 e. The number of aryl methyl sites for hydroxylation is 1. The van der Waals surface area contributed by atoms with E-state index in [-0.39, 0.29) is 17.8 Å². The SMILES string of the molecule is Cc1sc(NC(=O)[C@@H]2CC[C@H](CN)O2)nc1-c1ccc(F)cc1. The maximum Gasteiger partial charge on any atom is 0.255 e. The Morgan fingerprint density at radius 3 is 2.83 bits per heavy atom. The highest BCUT2D eigenvalue weighted by Gasteiger charge is 2.30. The summed E-state index contributed by atoms with van der Waals surface area (Å²) in [5.74, 6) is -0.483. The van der Waals surface area contributed by atoms with Crippen molar-refractivity contribution in [1.29, 1.82) is 0 Å². The summed E-state index contributed by atoms with van der Waals surface area (Å²) >= 11 is 1.39.